The first kappa shape index (κ1) is 22.6. The lowest BCUT2D eigenvalue weighted by Gasteiger charge is -2.19. The molecule has 7 nitrogen and oxygen atoms in total. The summed E-state index contributed by atoms with van der Waals surface area (Å²) in [7, 11) is 0. The smallest absolute Gasteiger partial charge is 0.408 e. The van der Waals surface area contributed by atoms with Gasteiger partial charge >= 0.3 is 6.18 Å². The highest BCUT2D eigenvalue weighted by Gasteiger charge is 2.39. The third kappa shape index (κ3) is 4.64. The van der Waals surface area contributed by atoms with Gasteiger partial charge < -0.3 is 4.74 Å². The molecule has 1 aliphatic rings. The van der Waals surface area contributed by atoms with Crippen molar-refractivity contribution in [1.82, 2.24) is 19.7 Å². The maximum Gasteiger partial charge on any atom is 0.408 e. The molecule has 0 fully saturated rings. The molecule has 0 radical (unpaired) electrons. The third-order valence-corrected chi connectivity index (χ3v) is 5.08. The third-order valence-electron chi connectivity index (χ3n) is 5.08. The predicted molar refractivity (Wildman–Crippen MR) is 107 cm³/mol. The molecule has 0 N–H and O–H groups in total. The summed E-state index contributed by atoms with van der Waals surface area (Å²) in [5, 5.41) is 3.71. The van der Waals surface area contributed by atoms with E-state index in [9.17, 15) is 26.7 Å². The number of fused-ring (bicyclic) bond motifs is 1. The molecule has 4 rings (SSSR count). The van der Waals surface area contributed by atoms with Gasteiger partial charge in [-0.25, -0.2) is 13.8 Å². The topological polar surface area (TPSA) is 73.1 Å². The molecule has 4 heterocycles. The quantitative estimate of drug-likeness (QED) is 0.497. The molecule has 1 atom stereocenters. The number of hydrogen-bond donors (Lipinski definition) is 0. The Hall–Kier alpha value is -3.57. The summed E-state index contributed by atoms with van der Waals surface area (Å²) in [4.78, 5) is 23.0. The number of carbonyl (C=O) groups is 1. The van der Waals surface area contributed by atoms with Crippen LogP contribution in [0, 0.1) is 6.92 Å². The second-order valence-electron chi connectivity index (χ2n) is 7.56. The Labute approximate surface area is 184 Å². The molecule has 174 valence electrons. The molecule has 0 unspecified atom stereocenters. The zero-order valence-electron chi connectivity index (χ0n) is 17.5. The van der Waals surface area contributed by atoms with Crippen molar-refractivity contribution in [2.75, 3.05) is 11.5 Å². The van der Waals surface area contributed by atoms with Crippen LogP contribution in [0.25, 0.3) is 11.3 Å². The fourth-order valence-corrected chi connectivity index (χ4v) is 3.73. The summed E-state index contributed by atoms with van der Waals surface area (Å²) in [5.41, 5.74) is 2.58. The predicted octanol–water partition coefficient (Wildman–Crippen LogP) is 4.58. The number of anilines is 1. The summed E-state index contributed by atoms with van der Waals surface area (Å²) in [5.74, 6) is -0.247. The van der Waals surface area contributed by atoms with E-state index in [2.05, 4.69) is 15.1 Å². The van der Waals surface area contributed by atoms with Crippen LogP contribution in [0.4, 0.5) is 27.6 Å². The molecule has 3 aromatic heterocycles. The van der Waals surface area contributed by atoms with Crippen LogP contribution in [0.1, 0.15) is 34.6 Å². The molecular weight excluding hydrogens is 449 g/mol. The fourth-order valence-electron chi connectivity index (χ4n) is 3.73. The lowest BCUT2D eigenvalue weighted by molar-refractivity contribution is -0.142. The largest absolute Gasteiger partial charge is 0.486 e. The zero-order valence-corrected chi connectivity index (χ0v) is 17.5. The summed E-state index contributed by atoms with van der Waals surface area (Å²) in [6.45, 7) is 1.39. The van der Waals surface area contributed by atoms with Crippen molar-refractivity contribution in [2.24, 2.45) is 0 Å². The van der Waals surface area contributed by atoms with Crippen molar-refractivity contribution in [1.29, 1.82) is 0 Å². The van der Waals surface area contributed by atoms with Gasteiger partial charge in [0.2, 0.25) is 0 Å². The number of carbonyl (C=O) groups excluding carboxylic acids is 1. The van der Waals surface area contributed by atoms with Gasteiger partial charge in [0, 0.05) is 18.0 Å². The Morgan fingerprint density at radius 3 is 2.64 bits per heavy atom. The summed E-state index contributed by atoms with van der Waals surface area (Å²) in [6, 6.07) is 2.61. The number of amides is 1. The van der Waals surface area contributed by atoms with Gasteiger partial charge in [0.1, 0.15) is 18.9 Å². The van der Waals surface area contributed by atoms with Gasteiger partial charge in [-0.1, -0.05) is 0 Å². The van der Waals surface area contributed by atoms with Crippen LogP contribution in [0.5, 0.6) is 5.75 Å². The highest BCUT2D eigenvalue weighted by molar-refractivity contribution is 6.11. The molecule has 0 aliphatic carbocycles. The minimum absolute atomic E-state index is 0.149. The Morgan fingerprint density at radius 2 is 1.94 bits per heavy atom. The number of rotatable bonds is 6. The molecule has 3 aromatic rings. The van der Waals surface area contributed by atoms with Crippen LogP contribution in [0.2, 0.25) is 0 Å². The Kier molecular flexibility index (Phi) is 5.76. The van der Waals surface area contributed by atoms with Crippen LogP contribution in [-0.4, -0.2) is 44.9 Å². The number of pyridine rings is 2. The number of nitrogens with zero attached hydrogens (tertiary/aromatic N) is 5. The Balaban J connectivity index is 1.65. The number of hydrogen-bond acceptors (Lipinski definition) is 5. The van der Waals surface area contributed by atoms with Gasteiger partial charge in [-0.15, -0.1) is 0 Å². The number of halogens is 5. The van der Waals surface area contributed by atoms with E-state index in [0.29, 0.717) is 28.1 Å². The van der Waals surface area contributed by atoms with E-state index in [1.54, 1.807) is 19.9 Å². The molecular formula is C21H18F5N5O2. The summed E-state index contributed by atoms with van der Waals surface area (Å²) < 4.78 is 68.6. The minimum atomic E-state index is -4.44. The monoisotopic (exact) mass is 467 g/mol. The van der Waals surface area contributed by atoms with Crippen molar-refractivity contribution >= 4 is 11.6 Å². The van der Waals surface area contributed by atoms with Crippen LogP contribution in [-0.2, 0) is 6.54 Å². The normalized spacial score (nSPS) is 15.9. The van der Waals surface area contributed by atoms with Gasteiger partial charge in [-0.05, 0) is 31.5 Å². The van der Waals surface area contributed by atoms with E-state index in [4.69, 9.17) is 4.74 Å². The molecule has 0 spiro atoms. The molecule has 0 saturated carbocycles. The fraction of sp³-hybridized carbons (Fsp3) is 0.333. The van der Waals surface area contributed by atoms with E-state index in [-0.39, 0.29) is 11.4 Å². The number of alkyl halides is 5. The average molecular weight is 467 g/mol. The Morgan fingerprint density at radius 1 is 1.18 bits per heavy atom. The van der Waals surface area contributed by atoms with E-state index in [0.717, 1.165) is 10.9 Å². The van der Waals surface area contributed by atoms with Crippen LogP contribution in [0.15, 0.2) is 36.9 Å². The average Bonchev–Trinajstić information content (AvgIpc) is 3.27. The van der Waals surface area contributed by atoms with Gasteiger partial charge in [-0.2, -0.15) is 18.3 Å². The van der Waals surface area contributed by atoms with Gasteiger partial charge in [0.05, 0.1) is 41.1 Å². The van der Waals surface area contributed by atoms with Crippen molar-refractivity contribution in [3.8, 4) is 17.0 Å². The number of aryl methyl sites for hydroxylation is 1. The van der Waals surface area contributed by atoms with Crippen molar-refractivity contribution < 1.29 is 31.5 Å². The maximum atomic E-state index is 13.1. The second-order valence-corrected chi connectivity index (χ2v) is 7.56. The molecule has 12 heteroatoms. The summed E-state index contributed by atoms with van der Waals surface area (Å²) in [6.07, 6.45) is -1.91. The second kappa shape index (κ2) is 8.41. The number of aromatic nitrogens is 4. The standard InChI is InChI=1S/C21H18F5N5O2/c1-11-3-16(13-4-15(7-27-5-13)33-9-17(22)23)29-19-12(2)31(20(32)18(11)19)14-6-28-30(8-14)10-21(24,25)26/h3-8,12,17H,9-10H2,1-2H3/t12-/m1/s1. The molecule has 1 aliphatic heterocycles. The van der Waals surface area contributed by atoms with E-state index in [1.165, 1.54) is 29.6 Å². The maximum absolute atomic E-state index is 13.1. The highest BCUT2D eigenvalue weighted by Crippen LogP contribution is 2.39. The van der Waals surface area contributed by atoms with Crippen molar-refractivity contribution in [3.05, 3.63) is 53.7 Å². The van der Waals surface area contributed by atoms with Gasteiger partial charge in [0.25, 0.3) is 12.3 Å². The van der Waals surface area contributed by atoms with E-state index in [1.807, 2.05) is 0 Å². The first-order valence-corrected chi connectivity index (χ1v) is 9.84. The van der Waals surface area contributed by atoms with Gasteiger partial charge in [-0.3, -0.25) is 19.4 Å². The van der Waals surface area contributed by atoms with E-state index >= 15 is 0 Å². The molecule has 0 aromatic carbocycles. The lowest BCUT2D eigenvalue weighted by atomic mass is 10.0. The molecule has 33 heavy (non-hydrogen) atoms. The molecule has 0 saturated heterocycles. The van der Waals surface area contributed by atoms with Crippen molar-refractivity contribution in [2.45, 2.75) is 39.0 Å². The Bertz CT molecular complexity index is 1190. The SMILES string of the molecule is Cc1cc(-c2cncc(OCC(F)F)c2)nc2c1C(=O)N(c1cnn(CC(F)(F)F)c1)[C@@H]2C. The molecule has 0 bridgehead atoms. The van der Waals surface area contributed by atoms with E-state index < -0.39 is 37.7 Å². The lowest BCUT2D eigenvalue weighted by Crippen LogP contribution is -2.26. The minimum Gasteiger partial charge on any atom is -0.486 e. The van der Waals surface area contributed by atoms with Gasteiger partial charge in [0.15, 0.2) is 0 Å². The first-order chi connectivity index (χ1) is 15.5. The number of ether oxygens (including phenoxy) is 1. The van der Waals surface area contributed by atoms with Crippen LogP contribution in [0.3, 0.4) is 0 Å². The van der Waals surface area contributed by atoms with Crippen molar-refractivity contribution in [3.63, 3.8) is 0 Å². The highest BCUT2D eigenvalue weighted by atomic mass is 19.4. The van der Waals surface area contributed by atoms with Crippen LogP contribution < -0.4 is 9.64 Å². The summed E-state index contributed by atoms with van der Waals surface area (Å²) >= 11 is 0. The molecule has 1 amide bonds. The zero-order chi connectivity index (χ0) is 23.9. The first-order valence-electron chi connectivity index (χ1n) is 9.84. The van der Waals surface area contributed by atoms with Crippen LogP contribution >= 0.6 is 0 Å².